The summed E-state index contributed by atoms with van der Waals surface area (Å²) in [5, 5.41) is 4.24. The quantitative estimate of drug-likeness (QED) is 0.643. The highest BCUT2D eigenvalue weighted by molar-refractivity contribution is 8.04. The van der Waals surface area contributed by atoms with Crippen LogP contribution in [0.15, 0.2) is 23.1 Å². The molecule has 60 valence electrons. The molecule has 0 radical (unpaired) electrons. The van der Waals surface area contributed by atoms with Gasteiger partial charge >= 0.3 is 0 Å². The molecule has 0 saturated carbocycles. The molecule has 11 heavy (non-hydrogen) atoms. The topological polar surface area (TPSA) is 12.0 Å². The maximum Gasteiger partial charge on any atom is 0.0579 e. The van der Waals surface area contributed by atoms with Gasteiger partial charge in [-0.05, 0) is 12.8 Å². The summed E-state index contributed by atoms with van der Waals surface area (Å²) >= 11 is 1.99. The van der Waals surface area contributed by atoms with Gasteiger partial charge in [0.05, 0.1) is 5.37 Å². The summed E-state index contributed by atoms with van der Waals surface area (Å²) in [6, 6.07) is 0.634. The van der Waals surface area contributed by atoms with E-state index in [1.165, 1.54) is 17.7 Å². The molecule has 0 aromatic carbocycles. The van der Waals surface area contributed by atoms with E-state index in [9.17, 15) is 0 Å². The Labute approximate surface area is 71.9 Å². The highest BCUT2D eigenvalue weighted by atomic mass is 32.2. The maximum absolute atomic E-state index is 3.59. The first kappa shape index (κ1) is 7.44. The lowest BCUT2D eigenvalue weighted by atomic mass is 10.1. The second kappa shape index (κ2) is 3.03. The first-order valence-corrected chi connectivity index (χ1v) is 5.07. The minimum Gasteiger partial charge on any atom is -0.297 e. The zero-order chi connectivity index (χ0) is 7.68. The molecule has 1 nitrogen and oxygen atoms in total. The average molecular weight is 167 g/mol. The van der Waals surface area contributed by atoms with Crippen LogP contribution in [0.3, 0.4) is 0 Å². The summed E-state index contributed by atoms with van der Waals surface area (Å²) in [5.41, 5.74) is 0. The molecule has 0 aromatic heterocycles. The fourth-order valence-electron chi connectivity index (χ4n) is 1.51. The van der Waals surface area contributed by atoms with Gasteiger partial charge in [0.2, 0.25) is 0 Å². The SMILES string of the molecule is CCC1NC2CC=CC=C2S1. The Bertz CT molecular complexity index is 208. The third-order valence-electron chi connectivity index (χ3n) is 2.15. The molecule has 0 bridgehead atoms. The molecule has 1 aliphatic carbocycles. The van der Waals surface area contributed by atoms with Gasteiger partial charge in [-0.3, -0.25) is 5.32 Å². The van der Waals surface area contributed by atoms with Crippen molar-refractivity contribution in [2.75, 3.05) is 0 Å². The van der Waals surface area contributed by atoms with Crippen molar-refractivity contribution in [3.8, 4) is 0 Å². The zero-order valence-corrected chi connectivity index (χ0v) is 7.53. The standard InChI is InChI=1S/C9H13NS/c1-2-9-10-7-5-3-4-6-8(7)11-9/h3-4,6-7,9-10H,2,5H2,1H3. The molecule has 0 aromatic rings. The van der Waals surface area contributed by atoms with Crippen molar-refractivity contribution in [3.05, 3.63) is 23.1 Å². The summed E-state index contributed by atoms with van der Waals surface area (Å²) in [6.07, 6.45) is 9.04. The van der Waals surface area contributed by atoms with Gasteiger partial charge in [-0.1, -0.05) is 25.2 Å². The Hall–Kier alpha value is -0.210. The van der Waals surface area contributed by atoms with E-state index in [-0.39, 0.29) is 0 Å². The molecule has 1 heterocycles. The van der Waals surface area contributed by atoms with Crippen LogP contribution in [0.4, 0.5) is 0 Å². The number of allylic oxidation sites excluding steroid dienone is 2. The van der Waals surface area contributed by atoms with Crippen LogP contribution in [-0.2, 0) is 0 Å². The molecule has 2 atom stereocenters. The van der Waals surface area contributed by atoms with Crippen LogP contribution in [0.2, 0.25) is 0 Å². The molecule has 0 amide bonds. The Morgan fingerprint density at radius 3 is 3.36 bits per heavy atom. The molecular formula is C9H13NS. The summed E-state index contributed by atoms with van der Waals surface area (Å²) < 4.78 is 0. The van der Waals surface area contributed by atoms with E-state index in [1.807, 2.05) is 11.8 Å². The summed E-state index contributed by atoms with van der Waals surface area (Å²) in [7, 11) is 0. The van der Waals surface area contributed by atoms with Crippen LogP contribution in [-0.4, -0.2) is 11.4 Å². The number of hydrogen-bond acceptors (Lipinski definition) is 2. The van der Waals surface area contributed by atoms with Crippen molar-refractivity contribution in [2.24, 2.45) is 0 Å². The minimum absolute atomic E-state index is 0.634. The van der Waals surface area contributed by atoms with E-state index in [0.29, 0.717) is 11.4 Å². The van der Waals surface area contributed by atoms with Crippen LogP contribution < -0.4 is 5.32 Å². The number of thioether (sulfide) groups is 1. The molecule has 1 fully saturated rings. The van der Waals surface area contributed by atoms with E-state index in [4.69, 9.17) is 0 Å². The van der Waals surface area contributed by atoms with Gasteiger partial charge in [-0.15, -0.1) is 11.8 Å². The maximum atomic E-state index is 3.59. The van der Waals surface area contributed by atoms with Gasteiger partial charge in [0.15, 0.2) is 0 Å². The van der Waals surface area contributed by atoms with Gasteiger partial charge in [0, 0.05) is 10.9 Å². The molecular weight excluding hydrogens is 154 g/mol. The zero-order valence-electron chi connectivity index (χ0n) is 6.71. The fraction of sp³-hybridized carbons (Fsp3) is 0.556. The lowest BCUT2D eigenvalue weighted by Crippen LogP contribution is -2.28. The summed E-state index contributed by atoms with van der Waals surface area (Å²) in [6.45, 7) is 2.23. The molecule has 0 spiro atoms. The number of hydrogen-bond donors (Lipinski definition) is 1. The normalized spacial score (nSPS) is 35.2. The van der Waals surface area contributed by atoms with Crippen LogP contribution in [0.5, 0.6) is 0 Å². The highest BCUT2D eigenvalue weighted by Gasteiger charge is 2.27. The molecule has 2 unspecified atom stereocenters. The Balaban J connectivity index is 2.09. The van der Waals surface area contributed by atoms with E-state index in [1.54, 1.807) is 0 Å². The Kier molecular flexibility index (Phi) is 2.05. The van der Waals surface area contributed by atoms with Crippen LogP contribution in [0.1, 0.15) is 19.8 Å². The van der Waals surface area contributed by atoms with Crippen molar-refractivity contribution in [1.82, 2.24) is 5.32 Å². The highest BCUT2D eigenvalue weighted by Crippen LogP contribution is 2.35. The predicted octanol–water partition coefficient (Wildman–Crippen LogP) is 2.27. The second-order valence-corrected chi connectivity index (χ2v) is 4.24. The van der Waals surface area contributed by atoms with Crippen LogP contribution >= 0.6 is 11.8 Å². The summed E-state index contributed by atoms with van der Waals surface area (Å²) in [5.74, 6) is 0. The van der Waals surface area contributed by atoms with Crippen LogP contribution in [0.25, 0.3) is 0 Å². The first-order valence-electron chi connectivity index (χ1n) is 4.19. The number of fused-ring (bicyclic) bond motifs is 1. The largest absolute Gasteiger partial charge is 0.297 e. The van der Waals surface area contributed by atoms with Gasteiger partial charge in [-0.25, -0.2) is 0 Å². The van der Waals surface area contributed by atoms with Gasteiger partial charge in [-0.2, -0.15) is 0 Å². The minimum atomic E-state index is 0.634. The summed E-state index contributed by atoms with van der Waals surface area (Å²) in [4.78, 5) is 1.53. The van der Waals surface area contributed by atoms with E-state index >= 15 is 0 Å². The number of nitrogens with one attached hydrogen (secondary N) is 1. The first-order chi connectivity index (χ1) is 5.40. The molecule has 1 N–H and O–H groups in total. The van der Waals surface area contributed by atoms with Gasteiger partial charge in [0.25, 0.3) is 0 Å². The molecule has 2 aliphatic rings. The van der Waals surface area contributed by atoms with Crippen molar-refractivity contribution in [2.45, 2.75) is 31.2 Å². The van der Waals surface area contributed by atoms with Gasteiger partial charge < -0.3 is 0 Å². The third-order valence-corrected chi connectivity index (χ3v) is 3.59. The van der Waals surface area contributed by atoms with E-state index in [0.717, 1.165) is 0 Å². The molecule has 1 saturated heterocycles. The fourth-order valence-corrected chi connectivity index (χ4v) is 2.72. The monoisotopic (exact) mass is 167 g/mol. The third kappa shape index (κ3) is 1.37. The molecule has 2 rings (SSSR count). The predicted molar refractivity (Wildman–Crippen MR) is 50.4 cm³/mol. The van der Waals surface area contributed by atoms with E-state index in [2.05, 4.69) is 30.5 Å². The second-order valence-electron chi connectivity index (χ2n) is 2.97. The molecule has 2 heteroatoms. The van der Waals surface area contributed by atoms with Crippen molar-refractivity contribution < 1.29 is 0 Å². The Morgan fingerprint density at radius 1 is 1.73 bits per heavy atom. The molecule has 1 aliphatic heterocycles. The van der Waals surface area contributed by atoms with E-state index < -0.39 is 0 Å². The smallest absolute Gasteiger partial charge is 0.0579 e. The Morgan fingerprint density at radius 2 is 2.64 bits per heavy atom. The van der Waals surface area contributed by atoms with Gasteiger partial charge in [0.1, 0.15) is 0 Å². The average Bonchev–Trinajstić information content (AvgIpc) is 2.46. The van der Waals surface area contributed by atoms with Crippen LogP contribution in [0, 0.1) is 0 Å². The van der Waals surface area contributed by atoms with Crippen molar-refractivity contribution in [1.29, 1.82) is 0 Å². The number of rotatable bonds is 1. The lowest BCUT2D eigenvalue weighted by molar-refractivity contribution is 0.578. The lowest BCUT2D eigenvalue weighted by Gasteiger charge is -2.11. The van der Waals surface area contributed by atoms with Crippen molar-refractivity contribution >= 4 is 11.8 Å². The van der Waals surface area contributed by atoms with Crippen molar-refractivity contribution in [3.63, 3.8) is 0 Å².